The van der Waals surface area contributed by atoms with Gasteiger partial charge in [0.05, 0.1) is 6.61 Å². The van der Waals surface area contributed by atoms with Crippen LogP contribution in [-0.4, -0.2) is 31.3 Å². The highest BCUT2D eigenvalue weighted by Crippen LogP contribution is 2.01. The molecule has 1 heterocycles. The minimum atomic E-state index is -0.145. The number of carbonyl (C=O) groups excluding carboxylic acids is 1. The van der Waals surface area contributed by atoms with Crippen molar-refractivity contribution in [3.05, 3.63) is 30.1 Å². The van der Waals surface area contributed by atoms with Crippen LogP contribution in [-0.2, 0) is 20.7 Å². The van der Waals surface area contributed by atoms with E-state index in [0.29, 0.717) is 19.6 Å². The van der Waals surface area contributed by atoms with Crippen LogP contribution in [0, 0.1) is 0 Å². The first-order valence-corrected chi connectivity index (χ1v) is 5.86. The van der Waals surface area contributed by atoms with Gasteiger partial charge in [-0.2, -0.15) is 0 Å². The van der Waals surface area contributed by atoms with E-state index in [4.69, 9.17) is 9.47 Å². The Morgan fingerprint density at radius 1 is 1.35 bits per heavy atom. The maximum atomic E-state index is 11.2. The molecule has 0 spiro atoms. The number of carbonyl (C=O) groups is 1. The van der Waals surface area contributed by atoms with Crippen LogP contribution in [0.5, 0.6) is 0 Å². The molecule has 0 aromatic carbocycles. The Bertz CT molecular complexity index is 314. The van der Waals surface area contributed by atoms with Gasteiger partial charge in [0.1, 0.15) is 0 Å². The summed E-state index contributed by atoms with van der Waals surface area (Å²) in [5, 5.41) is 0. The smallest absolute Gasteiger partial charge is 0.305 e. The Hall–Kier alpha value is -1.42. The zero-order valence-electron chi connectivity index (χ0n) is 10.2. The van der Waals surface area contributed by atoms with E-state index < -0.39 is 0 Å². The average molecular weight is 237 g/mol. The van der Waals surface area contributed by atoms with Crippen LogP contribution in [0.1, 0.15) is 24.8 Å². The van der Waals surface area contributed by atoms with E-state index in [1.165, 1.54) is 5.56 Å². The van der Waals surface area contributed by atoms with Crippen molar-refractivity contribution in [1.82, 2.24) is 4.98 Å². The largest absolute Gasteiger partial charge is 0.466 e. The van der Waals surface area contributed by atoms with Gasteiger partial charge in [-0.1, -0.05) is 6.07 Å². The normalized spacial score (nSPS) is 10.2. The van der Waals surface area contributed by atoms with Gasteiger partial charge in [0, 0.05) is 32.5 Å². The van der Waals surface area contributed by atoms with E-state index in [9.17, 15) is 4.79 Å². The summed E-state index contributed by atoms with van der Waals surface area (Å²) < 4.78 is 9.96. The van der Waals surface area contributed by atoms with Crippen molar-refractivity contribution in [2.75, 3.05) is 20.3 Å². The van der Waals surface area contributed by atoms with E-state index in [2.05, 4.69) is 4.98 Å². The van der Waals surface area contributed by atoms with Gasteiger partial charge in [-0.15, -0.1) is 0 Å². The van der Waals surface area contributed by atoms with Gasteiger partial charge in [0.25, 0.3) is 0 Å². The van der Waals surface area contributed by atoms with Crippen LogP contribution in [0.2, 0.25) is 0 Å². The van der Waals surface area contributed by atoms with Gasteiger partial charge in [0.15, 0.2) is 0 Å². The molecule has 0 aliphatic heterocycles. The maximum Gasteiger partial charge on any atom is 0.305 e. The van der Waals surface area contributed by atoms with Gasteiger partial charge < -0.3 is 9.47 Å². The number of aromatic nitrogens is 1. The lowest BCUT2D eigenvalue weighted by Gasteiger charge is -2.04. The van der Waals surface area contributed by atoms with E-state index >= 15 is 0 Å². The summed E-state index contributed by atoms with van der Waals surface area (Å²) in [7, 11) is 1.62. The Kier molecular flexibility index (Phi) is 6.98. The number of pyridine rings is 1. The van der Waals surface area contributed by atoms with Crippen LogP contribution in [0.3, 0.4) is 0 Å². The highest BCUT2D eigenvalue weighted by molar-refractivity contribution is 5.69. The first kappa shape index (κ1) is 13.6. The highest BCUT2D eigenvalue weighted by Gasteiger charge is 2.02. The van der Waals surface area contributed by atoms with Crippen molar-refractivity contribution in [3.8, 4) is 0 Å². The van der Waals surface area contributed by atoms with Crippen LogP contribution in [0.25, 0.3) is 0 Å². The van der Waals surface area contributed by atoms with Crippen LogP contribution in [0.15, 0.2) is 24.5 Å². The number of hydrogen-bond acceptors (Lipinski definition) is 4. The number of methoxy groups -OCH3 is 1. The standard InChI is InChI=1S/C13H19NO3/c1-16-9-4-7-13(15)17-10-3-6-12-5-2-8-14-11-12/h2,5,8,11H,3-4,6-7,9-10H2,1H3. The maximum absolute atomic E-state index is 11.2. The molecule has 17 heavy (non-hydrogen) atoms. The number of aryl methyl sites for hydroxylation is 1. The predicted octanol–water partition coefficient (Wildman–Crippen LogP) is 1.98. The molecule has 1 aromatic rings. The molecule has 0 atom stereocenters. The summed E-state index contributed by atoms with van der Waals surface area (Å²) >= 11 is 0. The molecular weight excluding hydrogens is 218 g/mol. The summed E-state index contributed by atoms with van der Waals surface area (Å²) in [6, 6.07) is 3.93. The third kappa shape index (κ3) is 6.68. The fourth-order valence-electron chi connectivity index (χ4n) is 1.44. The zero-order valence-corrected chi connectivity index (χ0v) is 10.2. The molecule has 0 bridgehead atoms. The number of ether oxygens (including phenoxy) is 2. The van der Waals surface area contributed by atoms with Gasteiger partial charge in [-0.25, -0.2) is 0 Å². The molecule has 0 aliphatic rings. The lowest BCUT2D eigenvalue weighted by Crippen LogP contribution is -2.07. The number of rotatable bonds is 8. The van der Waals surface area contributed by atoms with E-state index in [1.54, 1.807) is 13.3 Å². The van der Waals surface area contributed by atoms with Crippen molar-refractivity contribution in [1.29, 1.82) is 0 Å². The van der Waals surface area contributed by atoms with Crippen LogP contribution < -0.4 is 0 Å². The summed E-state index contributed by atoms with van der Waals surface area (Å²) in [4.78, 5) is 15.3. The average Bonchev–Trinajstić information content (AvgIpc) is 2.36. The molecule has 0 amide bonds. The predicted molar refractivity (Wildman–Crippen MR) is 64.6 cm³/mol. The molecule has 1 aromatic heterocycles. The summed E-state index contributed by atoms with van der Waals surface area (Å²) in [6.07, 6.45) is 6.46. The van der Waals surface area contributed by atoms with Crippen molar-refractivity contribution in [3.63, 3.8) is 0 Å². The van der Waals surface area contributed by atoms with Crippen LogP contribution >= 0.6 is 0 Å². The topological polar surface area (TPSA) is 48.4 Å². The molecular formula is C13H19NO3. The zero-order chi connectivity index (χ0) is 12.3. The van der Waals surface area contributed by atoms with Gasteiger partial charge in [-0.05, 0) is 30.9 Å². The van der Waals surface area contributed by atoms with Crippen molar-refractivity contribution in [2.24, 2.45) is 0 Å². The van der Waals surface area contributed by atoms with Gasteiger partial charge in [-0.3, -0.25) is 9.78 Å². The fraction of sp³-hybridized carbons (Fsp3) is 0.538. The van der Waals surface area contributed by atoms with Crippen molar-refractivity contribution >= 4 is 5.97 Å². The summed E-state index contributed by atoms with van der Waals surface area (Å²) in [6.45, 7) is 1.07. The first-order chi connectivity index (χ1) is 8.33. The molecule has 0 N–H and O–H groups in total. The third-order valence-corrected chi connectivity index (χ3v) is 2.32. The minimum absolute atomic E-state index is 0.145. The Morgan fingerprint density at radius 3 is 2.94 bits per heavy atom. The number of esters is 1. The lowest BCUT2D eigenvalue weighted by atomic mass is 10.2. The molecule has 0 aliphatic carbocycles. The van der Waals surface area contributed by atoms with Crippen LogP contribution in [0.4, 0.5) is 0 Å². The Labute approximate surface area is 102 Å². The molecule has 0 unspecified atom stereocenters. The van der Waals surface area contributed by atoms with Crippen molar-refractivity contribution < 1.29 is 14.3 Å². The fourth-order valence-corrected chi connectivity index (χ4v) is 1.44. The van der Waals surface area contributed by atoms with Gasteiger partial charge in [0.2, 0.25) is 0 Å². The molecule has 0 fully saturated rings. The molecule has 0 saturated carbocycles. The molecule has 94 valence electrons. The Morgan fingerprint density at radius 2 is 2.24 bits per heavy atom. The first-order valence-electron chi connectivity index (χ1n) is 5.86. The molecule has 1 rings (SSSR count). The molecule has 0 saturated heterocycles. The van der Waals surface area contributed by atoms with E-state index in [0.717, 1.165) is 19.3 Å². The second kappa shape index (κ2) is 8.70. The molecule has 4 nitrogen and oxygen atoms in total. The highest BCUT2D eigenvalue weighted by atomic mass is 16.5. The van der Waals surface area contributed by atoms with Crippen molar-refractivity contribution in [2.45, 2.75) is 25.7 Å². The monoisotopic (exact) mass is 237 g/mol. The van der Waals surface area contributed by atoms with Gasteiger partial charge >= 0.3 is 5.97 Å². The molecule has 4 heteroatoms. The summed E-state index contributed by atoms with van der Waals surface area (Å²) in [5.74, 6) is -0.145. The number of nitrogens with zero attached hydrogens (tertiary/aromatic N) is 1. The lowest BCUT2D eigenvalue weighted by molar-refractivity contribution is -0.144. The quantitative estimate of drug-likeness (QED) is 0.512. The third-order valence-electron chi connectivity index (χ3n) is 2.32. The second-order valence-electron chi connectivity index (χ2n) is 3.78. The Balaban J connectivity index is 2.02. The summed E-state index contributed by atoms with van der Waals surface area (Å²) in [5.41, 5.74) is 1.17. The minimum Gasteiger partial charge on any atom is -0.466 e. The molecule has 0 radical (unpaired) electrons. The second-order valence-corrected chi connectivity index (χ2v) is 3.78. The van der Waals surface area contributed by atoms with E-state index in [1.807, 2.05) is 18.3 Å². The van der Waals surface area contributed by atoms with E-state index in [-0.39, 0.29) is 5.97 Å². The SMILES string of the molecule is COCCCC(=O)OCCCc1cccnc1. The number of hydrogen-bond donors (Lipinski definition) is 0.